The molecule has 2 nitrogen and oxygen atoms in total. The van der Waals surface area contributed by atoms with E-state index in [9.17, 15) is 0 Å². The van der Waals surface area contributed by atoms with Gasteiger partial charge in [0.2, 0.25) is 0 Å². The van der Waals surface area contributed by atoms with Crippen LogP contribution in [0.1, 0.15) is 25.0 Å². The number of thiophene rings is 1. The summed E-state index contributed by atoms with van der Waals surface area (Å²) < 4.78 is 2.34. The topological polar surface area (TPSA) is 25.8 Å². The van der Waals surface area contributed by atoms with E-state index < -0.39 is 0 Å². The minimum absolute atomic E-state index is 0.177. The summed E-state index contributed by atoms with van der Waals surface area (Å²) in [6, 6.07) is 56.9. The normalized spacial score (nSPS) is 13.2. The van der Waals surface area contributed by atoms with E-state index in [0.717, 1.165) is 32.9 Å². The lowest BCUT2D eigenvalue weighted by Gasteiger charge is -2.24. The Labute approximate surface area is 295 Å². The van der Waals surface area contributed by atoms with Crippen LogP contribution in [0.5, 0.6) is 0 Å². The molecule has 2 aromatic heterocycles. The third-order valence-electron chi connectivity index (χ3n) is 10.4. The SMILES string of the molecule is CC1(C)c2cc(-c3cccc(-c4nc(-c5ccccc5)nc5c4sc4ccccc45)c3)ccc2-c2c(-c3ccccc3)cc3ccccc3c21. The fourth-order valence-corrected chi connectivity index (χ4v) is 9.22. The van der Waals surface area contributed by atoms with Gasteiger partial charge in [-0.05, 0) is 79.5 Å². The van der Waals surface area contributed by atoms with Crippen molar-refractivity contribution in [1.82, 2.24) is 9.97 Å². The summed E-state index contributed by atoms with van der Waals surface area (Å²) in [6.45, 7) is 4.78. The molecule has 7 aromatic carbocycles. The number of nitrogens with zero attached hydrogens (tertiary/aromatic N) is 2. The maximum absolute atomic E-state index is 5.25. The molecule has 0 radical (unpaired) electrons. The summed E-state index contributed by atoms with van der Waals surface area (Å²) in [5.74, 6) is 0.751. The highest BCUT2D eigenvalue weighted by molar-refractivity contribution is 7.26. The van der Waals surface area contributed by atoms with Gasteiger partial charge in [-0.1, -0.05) is 147 Å². The zero-order valence-corrected chi connectivity index (χ0v) is 28.6. The van der Waals surface area contributed by atoms with Gasteiger partial charge in [0.1, 0.15) is 0 Å². The van der Waals surface area contributed by atoms with E-state index in [1.165, 1.54) is 65.4 Å². The Morgan fingerprint density at radius 3 is 1.98 bits per heavy atom. The van der Waals surface area contributed by atoms with E-state index in [-0.39, 0.29) is 5.41 Å². The molecule has 0 spiro atoms. The number of hydrogen-bond donors (Lipinski definition) is 0. The molecule has 1 aliphatic carbocycles. The zero-order valence-electron chi connectivity index (χ0n) is 27.8. The van der Waals surface area contributed by atoms with Crippen molar-refractivity contribution in [1.29, 1.82) is 0 Å². The maximum Gasteiger partial charge on any atom is 0.160 e. The summed E-state index contributed by atoms with van der Waals surface area (Å²) in [4.78, 5) is 10.4. The Bertz CT molecular complexity index is 2780. The standard InChI is InChI=1S/C47H32N2S/c1-47(2)39-28-32(24-25-36(39)41-38(29-14-5-3-6-15-29)27-33-18-9-10-21-35(33)42(41)47)31-19-13-20-34(26-31)43-45-44(37-22-11-12-23-40(37)50-45)49-46(48-43)30-16-7-4-8-17-30/h3-28H,1-2H3. The molecule has 0 fully saturated rings. The fourth-order valence-electron chi connectivity index (χ4n) is 8.06. The van der Waals surface area contributed by atoms with Crippen molar-refractivity contribution in [2.24, 2.45) is 0 Å². The number of rotatable bonds is 4. The van der Waals surface area contributed by atoms with Gasteiger partial charge in [0.05, 0.1) is 15.9 Å². The third kappa shape index (κ3) is 4.40. The smallest absolute Gasteiger partial charge is 0.160 e. The summed E-state index contributed by atoms with van der Waals surface area (Å²) in [5, 5.41) is 3.79. The van der Waals surface area contributed by atoms with Crippen LogP contribution in [0.25, 0.3) is 87.1 Å². The van der Waals surface area contributed by atoms with Crippen molar-refractivity contribution in [2.75, 3.05) is 0 Å². The zero-order chi connectivity index (χ0) is 33.4. The lowest BCUT2D eigenvalue weighted by atomic mass is 9.78. The molecule has 2 heterocycles. The van der Waals surface area contributed by atoms with E-state index in [2.05, 4.69) is 153 Å². The Kier molecular flexibility index (Phi) is 6.43. The molecule has 9 aromatic rings. The van der Waals surface area contributed by atoms with Gasteiger partial charge >= 0.3 is 0 Å². The first-order valence-corrected chi connectivity index (χ1v) is 18.0. The first-order valence-electron chi connectivity index (χ1n) is 17.2. The van der Waals surface area contributed by atoms with Gasteiger partial charge in [-0.3, -0.25) is 0 Å². The van der Waals surface area contributed by atoms with Crippen LogP contribution >= 0.6 is 11.3 Å². The second-order valence-corrected chi connectivity index (χ2v) is 14.8. The first kappa shape index (κ1) is 29.1. The van der Waals surface area contributed by atoms with Crippen LogP contribution in [0, 0.1) is 0 Å². The molecule has 0 amide bonds. The number of fused-ring (bicyclic) bond motifs is 8. The van der Waals surface area contributed by atoms with Gasteiger partial charge in [0.15, 0.2) is 5.82 Å². The molecule has 1 aliphatic rings. The average molecular weight is 657 g/mol. The van der Waals surface area contributed by atoms with Crippen molar-refractivity contribution >= 4 is 42.4 Å². The van der Waals surface area contributed by atoms with Crippen molar-refractivity contribution in [3.63, 3.8) is 0 Å². The Hall–Kier alpha value is -5.90. The summed E-state index contributed by atoms with van der Waals surface area (Å²) >= 11 is 1.77. The molecule has 0 aliphatic heterocycles. The largest absolute Gasteiger partial charge is 0.226 e. The number of aromatic nitrogens is 2. The highest BCUT2D eigenvalue weighted by Crippen LogP contribution is 2.55. The second kappa shape index (κ2) is 11.1. The Morgan fingerprint density at radius 2 is 1.16 bits per heavy atom. The molecule has 50 heavy (non-hydrogen) atoms. The van der Waals surface area contributed by atoms with Gasteiger partial charge in [-0.25, -0.2) is 9.97 Å². The van der Waals surface area contributed by atoms with E-state index in [1.807, 2.05) is 18.2 Å². The second-order valence-electron chi connectivity index (χ2n) is 13.8. The van der Waals surface area contributed by atoms with Crippen molar-refractivity contribution in [2.45, 2.75) is 19.3 Å². The predicted molar refractivity (Wildman–Crippen MR) is 212 cm³/mol. The number of hydrogen-bond acceptors (Lipinski definition) is 3. The minimum atomic E-state index is -0.177. The van der Waals surface area contributed by atoms with Gasteiger partial charge < -0.3 is 0 Å². The molecular formula is C47H32N2S. The molecule has 10 rings (SSSR count). The van der Waals surface area contributed by atoms with E-state index in [0.29, 0.717) is 0 Å². The first-order chi connectivity index (χ1) is 24.5. The third-order valence-corrected chi connectivity index (χ3v) is 11.6. The van der Waals surface area contributed by atoms with Crippen molar-refractivity contribution < 1.29 is 0 Å². The fraction of sp³-hybridized carbons (Fsp3) is 0.0638. The molecule has 0 bridgehead atoms. The van der Waals surface area contributed by atoms with Crippen LogP contribution in [0.4, 0.5) is 0 Å². The Balaban J connectivity index is 1.15. The molecule has 0 saturated carbocycles. The van der Waals surface area contributed by atoms with Crippen LogP contribution in [0.3, 0.4) is 0 Å². The van der Waals surface area contributed by atoms with Crippen molar-refractivity contribution in [3.8, 4) is 56.0 Å². The Morgan fingerprint density at radius 1 is 0.500 bits per heavy atom. The summed E-state index contributed by atoms with van der Waals surface area (Å²) in [5.41, 5.74) is 14.3. The lowest BCUT2D eigenvalue weighted by molar-refractivity contribution is 0.666. The lowest BCUT2D eigenvalue weighted by Crippen LogP contribution is -2.15. The van der Waals surface area contributed by atoms with Gasteiger partial charge in [0.25, 0.3) is 0 Å². The number of benzene rings is 7. The van der Waals surface area contributed by atoms with Crippen LogP contribution < -0.4 is 0 Å². The quantitative estimate of drug-likeness (QED) is 0.188. The maximum atomic E-state index is 5.25. The van der Waals surface area contributed by atoms with Crippen LogP contribution in [-0.2, 0) is 5.41 Å². The van der Waals surface area contributed by atoms with E-state index in [1.54, 1.807) is 11.3 Å². The molecule has 3 heteroatoms. The van der Waals surface area contributed by atoms with Crippen LogP contribution in [0.15, 0.2) is 158 Å². The highest BCUT2D eigenvalue weighted by atomic mass is 32.1. The monoisotopic (exact) mass is 656 g/mol. The average Bonchev–Trinajstić information content (AvgIpc) is 3.67. The highest BCUT2D eigenvalue weighted by Gasteiger charge is 2.39. The van der Waals surface area contributed by atoms with E-state index in [4.69, 9.17) is 9.97 Å². The molecule has 0 unspecified atom stereocenters. The summed E-state index contributed by atoms with van der Waals surface area (Å²) in [7, 11) is 0. The molecule has 0 atom stereocenters. The van der Waals surface area contributed by atoms with Crippen LogP contribution in [0.2, 0.25) is 0 Å². The van der Waals surface area contributed by atoms with Gasteiger partial charge in [-0.15, -0.1) is 11.3 Å². The van der Waals surface area contributed by atoms with Gasteiger partial charge in [-0.2, -0.15) is 0 Å². The van der Waals surface area contributed by atoms with Crippen LogP contribution in [-0.4, -0.2) is 9.97 Å². The van der Waals surface area contributed by atoms with Gasteiger partial charge in [0, 0.05) is 26.6 Å². The summed E-state index contributed by atoms with van der Waals surface area (Å²) in [6.07, 6.45) is 0. The molecule has 0 saturated heterocycles. The predicted octanol–water partition coefficient (Wildman–Crippen LogP) is 13.0. The minimum Gasteiger partial charge on any atom is -0.226 e. The molecule has 0 N–H and O–H groups in total. The van der Waals surface area contributed by atoms with E-state index >= 15 is 0 Å². The van der Waals surface area contributed by atoms with Crippen molar-refractivity contribution in [3.05, 3.63) is 169 Å². The molecule has 236 valence electrons. The molecular weight excluding hydrogens is 625 g/mol.